The highest BCUT2D eigenvalue weighted by Crippen LogP contribution is 2.21. The topological polar surface area (TPSA) is 61.1 Å². The number of rotatable bonds is 4. The van der Waals surface area contributed by atoms with Crippen molar-refractivity contribution < 1.29 is 9.90 Å². The van der Waals surface area contributed by atoms with Gasteiger partial charge in [-0.15, -0.1) is 0 Å². The SMILES string of the molecule is C=C(C(=O)O)C(C#N)C(C)CC. The molecule has 3 heteroatoms. The van der Waals surface area contributed by atoms with Crippen LogP contribution in [0.3, 0.4) is 0 Å². The van der Waals surface area contributed by atoms with E-state index in [0.29, 0.717) is 0 Å². The standard InChI is InChI=1S/C9H13NO2/c1-4-6(2)8(5-10)7(3)9(11)12/h6,8H,3-4H2,1-2H3,(H,11,12). The van der Waals surface area contributed by atoms with Crippen molar-refractivity contribution >= 4 is 5.97 Å². The van der Waals surface area contributed by atoms with Gasteiger partial charge in [-0.2, -0.15) is 5.26 Å². The predicted octanol–water partition coefficient (Wildman–Crippen LogP) is 1.81. The fraction of sp³-hybridized carbons (Fsp3) is 0.556. The Morgan fingerprint density at radius 1 is 1.75 bits per heavy atom. The van der Waals surface area contributed by atoms with Crippen LogP contribution in [-0.4, -0.2) is 11.1 Å². The number of carboxylic acids is 1. The summed E-state index contributed by atoms with van der Waals surface area (Å²) in [7, 11) is 0. The number of nitriles is 1. The Morgan fingerprint density at radius 3 is 2.50 bits per heavy atom. The molecule has 0 aromatic rings. The van der Waals surface area contributed by atoms with Crippen LogP contribution in [0.25, 0.3) is 0 Å². The molecule has 0 aliphatic carbocycles. The number of hydrogen-bond acceptors (Lipinski definition) is 2. The molecule has 12 heavy (non-hydrogen) atoms. The summed E-state index contributed by atoms with van der Waals surface area (Å²) in [6, 6.07) is 1.95. The number of nitrogens with zero attached hydrogens (tertiary/aromatic N) is 1. The van der Waals surface area contributed by atoms with E-state index in [9.17, 15) is 4.79 Å². The second-order valence-electron chi connectivity index (χ2n) is 2.82. The maximum atomic E-state index is 10.5. The van der Waals surface area contributed by atoms with Gasteiger partial charge in [-0.1, -0.05) is 26.8 Å². The van der Waals surface area contributed by atoms with Gasteiger partial charge in [-0.25, -0.2) is 4.79 Å². The van der Waals surface area contributed by atoms with Gasteiger partial charge in [0.05, 0.1) is 12.0 Å². The Balaban J connectivity index is 4.48. The Kier molecular flexibility index (Phi) is 4.06. The summed E-state index contributed by atoms with van der Waals surface area (Å²) in [5, 5.41) is 17.2. The van der Waals surface area contributed by atoms with Gasteiger partial charge in [-0.05, 0) is 5.92 Å². The first-order valence-electron chi connectivity index (χ1n) is 3.86. The molecule has 0 rings (SSSR count). The summed E-state index contributed by atoms with van der Waals surface area (Å²) >= 11 is 0. The van der Waals surface area contributed by atoms with E-state index in [-0.39, 0.29) is 11.5 Å². The van der Waals surface area contributed by atoms with Crippen LogP contribution in [0.4, 0.5) is 0 Å². The molecule has 0 bridgehead atoms. The number of carbonyl (C=O) groups is 1. The lowest BCUT2D eigenvalue weighted by atomic mass is 9.87. The lowest BCUT2D eigenvalue weighted by Gasteiger charge is -2.14. The van der Waals surface area contributed by atoms with Crippen LogP contribution < -0.4 is 0 Å². The normalized spacial score (nSPS) is 14.4. The second-order valence-corrected chi connectivity index (χ2v) is 2.82. The maximum absolute atomic E-state index is 10.5. The van der Waals surface area contributed by atoms with Crippen LogP contribution in [0.1, 0.15) is 20.3 Å². The molecule has 66 valence electrons. The van der Waals surface area contributed by atoms with Crippen LogP contribution in [-0.2, 0) is 4.79 Å². The molecule has 2 unspecified atom stereocenters. The molecule has 0 heterocycles. The fourth-order valence-corrected chi connectivity index (χ4v) is 0.917. The fourth-order valence-electron chi connectivity index (χ4n) is 0.917. The minimum atomic E-state index is -1.08. The van der Waals surface area contributed by atoms with Gasteiger partial charge in [0.1, 0.15) is 0 Å². The molecule has 3 nitrogen and oxygen atoms in total. The first-order chi connectivity index (χ1) is 5.54. The van der Waals surface area contributed by atoms with Crippen LogP contribution in [0.5, 0.6) is 0 Å². The average Bonchev–Trinajstić information content (AvgIpc) is 2.05. The van der Waals surface area contributed by atoms with Crippen molar-refractivity contribution in [2.24, 2.45) is 11.8 Å². The van der Waals surface area contributed by atoms with Crippen molar-refractivity contribution in [3.63, 3.8) is 0 Å². The van der Waals surface area contributed by atoms with Crippen molar-refractivity contribution in [1.82, 2.24) is 0 Å². The van der Waals surface area contributed by atoms with E-state index in [4.69, 9.17) is 10.4 Å². The highest BCUT2D eigenvalue weighted by molar-refractivity contribution is 5.87. The zero-order chi connectivity index (χ0) is 9.72. The highest BCUT2D eigenvalue weighted by atomic mass is 16.4. The van der Waals surface area contributed by atoms with Crippen LogP contribution in [0.2, 0.25) is 0 Å². The molecule has 0 aromatic carbocycles. The van der Waals surface area contributed by atoms with Crippen molar-refractivity contribution in [3.05, 3.63) is 12.2 Å². The van der Waals surface area contributed by atoms with Crippen molar-refractivity contribution in [1.29, 1.82) is 5.26 Å². The van der Waals surface area contributed by atoms with E-state index in [1.807, 2.05) is 19.9 Å². The highest BCUT2D eigenvalue weighted by Gasteiger charge is 2.22. The molecule has 0 saturated carbocycles. The van der Waals surface area contributed by atoms with Crippen molar-refractivity contribution in [2.45, 2.75) is 20.3 Å². The number of aliphatic carboxylic acids is 1. The minimum Gasteiger partial charge on any atom is -0.478 e. The summed E-state index contributed by atoms with van der Waals surface area (Å²) < 4.78 is 0. The monoisotopic (exact) mass is 167 g/mol. The molecule has 0 aliphatic heterocycles. The lowest BCUT2D eigenvalue weighted by Crippen LogP contribution is -2.16. The Morgan fingerprint density at radius 2 is 2.25 bits per heavy atom. The van der Waals surface area contributed by atoms with E-state index in [1.165, 1.54) is 0 Å². The molecule has 0 radical (unpaired) electrons. The van der Waals surface area contributed by atoms with E-state index in [2.05, 4.69) is 6.58 Å². The third-order valence-corrected chi connectivity index (χ3v) is 2.00. The van der Waals surface area contributed by atoms with E-state index in [1.54, 1.807) is 0 Å². The molecule has 0 spiro atoms. The van der Waals surface area contributed by atoms with Crippen molar-refractivity contribution in [2.75, 3.05) is 0 Å². The van der Waals surface area contributed by atoms with Crippen molar-refractivity contribution in [3.8, 4) is 6.07 Å². The molecule has 0 saturated heterocycles. The van der Waals surface area contributed by atoms with Gasteiger partial charge >= 0.3 is 5.97 Å². The average molecular weight is 167 g/mol. The van der Waals surface area contributed by atoms with E-state index in [0.717, 1.165) is 6.42 Å². The predicted molar refractivity (Wildman–Crippen MR) is 45.3 cm³/mol. The number of carboxylic acid groups (broad SMARTS) is 1. The smallest absolute Gasteiger partial charge is 0.332 e. The number of hydrogen-bond donors (Lipinski definition) is 1. The van der Waals surface area contributed by atoms with Gasteiger partial charge in [0.25, 0.3) is 0 Å². The molecule has 0 aliphatic rings. The zero-order valence-electron chi connectivity index (χ0n) is 7.37. The maximum Gasteiger partial charge on any atom is 0.332 e. The minimum absolute atomic E-state index is 0.00755. The van der Waals surface area contributed by atoms with E-state index < -0.39 is 11.9 Å². The van der Waals surface area contributed by atoms with Gasteiger partial charge < -0.3 is 5.11 Å². The summed E-state index contributed by atoms with van der Waals surface area (Å²) in [4.78, 5) is 10.5. The Bertz CT molecular complexity index is 227. The van der Waals surface area contributed by atoms with Crippen LogP contribution >= 0.6 is 0 Å². The van der Waals surface area contributed by atoms with Crippen LogP contribution in [0, 0.1) is 23.2 Å². The molecular formula is C9H13NO2. The van der Waals surface area contributed by atoms with Gasteiger partial charge in [-0.3, -0.25) is 0 Å². The summed E-state index contributed by atoms with van der Waals surface area (Å²) in [6.45, 7) is 7.14. The Hall–Kier alpha value is -1.30. The third kappa shape index (κ3) is 2.39. The molecular weight excluding hydrogens is 154 g/mol. The summed E-state index contributed by atoms with van der Waals surface area (Å²) in [6.07, 6.45) is 0.782. The quantitative estimate of drug-likeness (QED) is 0.649. The summed E-state index contributed by atoms with van der Waals surface area (Å²) in [5.74, 6) is -1.59. The molecule has 2 atom stereocenters. The molecule has 0 aromatic heterocycles. The van der Waals surface area contributed by atoms with Gasteiger partial charge in [0, 0.05) is 5.57 Å². The van der Waals surface area contributed by atoms with Gasteiger partial charge in [0.2, 0.25) is 0 Å². The van der Waals surface area contributed by atoms with Gasteiger partial charge in [0.15, 0.2) is 0 Å². The third-order valence-electron chi connectivity index (χ3n) is 2.00. The Labute approximate surface area is 72.3 Å². The first kappa shape index (κ1) is 10.7. The molecule has 1 N–H and O–H groups in total. The second kappa shape index (κ2) is 4.55. The largest absolute Gasteiger partial charge is 0.478 e. The zero-order valence-corrected chi connectivity index (χ0v) is 7.37. The molecule has 0 amide bonds. The first-order valence-corrected chi connectivity index (χ1v) is 3.86. The lowest BCUT2D eigenvalue weighted by molar-refractivity contribution is -0.133. The van der Waals surface area contributed by atoms with E-state index >= 15 is 0 Å². The van der Waals surface area contributed by atoms with Crippen LogP contribution in [0.15, 0.2) is 12.2 Å². The summed E-state index contributed by atoms with van der Waals surface area (Å²) in [5.41, 5.74) is -0.00755. The molecule has 0 fully saturated rings.